The van der Waals surface area contributed by atoms with E-state index in [-0.39, 0.29) is 5.91 Å². The van der Waals surface area contributed by atoms with Gasteiger partial charge in [-0.1, -0.05) is 26.2 Å². The summed E-state index contributed by atoms with van der Waals surface area (Å²) in [6, 6.07) is 3.40. The van der Waals surface area contributed by atoms with E-state index in [2.05, 4.69) is 17.2 Å². The first-order valence-electron chi connectivity index (χ1n) is 6.06. The summed E-state index contributed by atoms with van der Waals surface area (Å²) in [5.41, 5.74) is 0.571. The van der Waals surface area contributed by atoms with Crippen molar-refractivity contribution in [3.8, 4) is 5.88 Å². The van der Waals surface area contributed by atoms with Crippen molar-refractivity contribution in [2.75, 3.05) is 13.7 Å². The highest BCUT2D eigenvalue weighted by molar-refractivity contribution is 5.93. The van der Waals surface area contributed by atoms with Gasteiger partial charge in [-0.25, -0.2) is 4.98 Å². The second-order valence-electron chi connectivity index (χ2n) is 3.91. The average Bonchev–Trinajstić information content (AvgIpc) is 2.38. The maximum atomic E-state index is 11.7. The van der Waals surface area contributed by atoms with Gasteiger partial charge in [-0.15, -0.1) is 0 Å². The number of pyridine rings is 1. The number of methoxy groups -OCH3 is 1. The van der Waals surface area contributed by atoms with Gasteiger partial charge in [0.15, 0.2) is 0 Å². The molecule has 0 aromatic carbocycles. The van der Waals surface area contributed by atoms with Gasteiger partial charge in [-0.2, -0.15) is 0 Å². The maximum Gasteiger partial charge on any atom is 0.252 e. The molecule has 4 nitrogen and oxygen atoms in total. The van der Waals surface area contributed by atoms with Gasteiger partial charge in [-0.05, 0) is 12.5 Å². The van der Waals surface area contributed by atoms with Gasteiger partial charge >= 0.3 is 0 Å². The molecule has 0 unspecified atom stereocenters. The van der Waals surface area contributed by atoms with Crippen LogP contribution in [0.15, 0.2) is 18.3 Å². The Morgan fingerprint density at radius 2 is 2.18 bits per heavy atom. The van der Waals surface area contributed by atoms with E-state index in [4.69, 9.17) is 4.74 Å². The molecule has 1 aromatic rings. The molecular formula is C13H20N2O2. The third-order valence-corrected chi connectivity index (χ3v) is 2.52. The molecule has 0 spiro atoms. The summed E-state index contributed by atoms with van der Waals surface area (Å²) in [6.45, 7) is 2.90. The molecule has 1 aromatic heterocycles. The summed E-state index contributed by atoms with van der Waals surface area (Å²) >= 11 is 0. The average molecular weight is 236 g/mol. The Labute approximate surface area is 102 Å². The Kier molecular flexibility index (Phi) is 6.07. The molecule has 94 valence electrons. The highest BCUT2D eigenvalue weighted by atomic mass is 16.5. The number of unbranched alkanes of at least 4 members (excludes halogenated alkanes) is 3. The number of carbonyl (C=O) groups excluding carboxylic acids is 1. The molecule has 0 saturated heterocycles. The predicted molar refractivity (Wildman–Crippen MR) is 67.3 cm³/mol. The largest absolute Gasteiger partial charge is 0.481 e. The number of carbonyl (C=O) groups is 1. The lowest BCUT2D eigenvalue weighted by Crippen LogP contribution is -2.24. The number of rotatable bonds is 7. The Morgan fingerprint density at radius 3 is 2.76 bits per heavy atom. The molecule has 17 heavy (non-hydrogen) atoms. The molecule has 0 aliphatic heterocycles. The van der Waals surface area contributed by atoms with Crippen LogP contribution in [0.2, 0.25) is 0 Å². The van der Waals surface area contributed by atoms with E-state index in [9.17, 15) is 4.79 Å². The van der Waals surface area contributed by atoms with Gasteiger partial charge in [0, 0.05) is 18.8 Å². The van der Waals surface area contributed by atoms with E-state index >= 15 is 0 Å². The van der Waals surface area contributed by atoms with E-state index in [0.29, 0.717) is 11.4 Å². The summed E-state index contributed by atoms with van der Waals surface area (Å²) in [5.74, 6) is 0.446. The molecule has 1 N–H and O–H groups in total. The van der Waals surface area contributed by atoms with Gasteiger partial charge in [0.2, 0.25) is 5.88 Å². The molecule has 0 saturated carbocycles. The predicted octanol–water partition coefficient (Wildman–Crippen LogP) is 2.40. The highest BCUT2D eigenvalue weighted by Gasteiger charge is 2.05. The van der Waals surface area contributed by atoms with Gasteiger partial charge in [0.25, 0.3) is 5.91 Å². The fourth-order valence-corrected chi connectivity index (χ4v) is 1.49. The van der Waals surface area contributed by atoms with Crippen LogP contribution in [0.5, 0.6) is 5.88 Å². The summed E-state index contributed by atoms with van der Waals surface area (Å²) in [5, 5.41) is 2.88. The van der Waals surface area contributed by atoms with Crippen molar-refractivity contribution in [1.82, 2.24) is 10.3 Å². The molecular weight excluding hydrogens is 216 g/mol. The third kappa shape index (κ3) is 4.85. The van der Waals surface area contributed by atoms with Crippen LogP contribution >= 0.6 is 0 Å². The highest BCUT2D eigenvalue weighted by Crippen LogP contribution is 2.06. The molecule has 0 bridgehead atoms. The normalized spacial score (nSPS) is 10.0. The Bertz CT molecular complexity index is 336. The van der Waals surface area contributed by atoms with Crippen molar-refractivity contribution in [3.63, 3.8) is 0 Å². The fraction of sp³-hybridized carbons (Fsp3) is 0.538. The zero-order chi connectivity index (χ0) is 12.5. The van der Waals surface area contributed by atoms with Crippen LogP contribution in [0.4, 0.5) is 0 Å². The number of hydrogen-bond acceptors (Lipinski definition) is 3. The van der Waals surface area contributed by atoms with Crippen LogP contribution in [0.1, 0.15) is 43.0 Å². The second kappa shape index (κ2) is 7.65. The van der Waals surface area contributed by atoms with E-state index in [1.807, 2.05) is 0 Å². The van der Waals surface area contributed by atoms with Crippen LogP contribution < -0.4 is 10.1 Å². The van der Waals surface area contributed by atoms with Crippen molar-refractivity contribution in [1.29, 1.82) is 0 Å². The third-order valence-electron chi connectivity index (χ3n) is 2.52. The van der Waals surface area contributed by atoms with Gasteiger partial charge in [0.1, 0.15) is 0 Å². The van der Waals surface area contributed by atoms with Gasteiger partial charge in [-0.3, -0.25) is 4.79 Å². The molecule has 4 heteroatoms. The first-order valence-corrected chi connectivity index (χ1v) is 6.06. The van der Waals surface area contributed by atoms with Crippen molar-refractivity contribution in [2.24, 2.45) is 0 Å². The summed E-state index contributed by atoms with van der Waals surface area (Å²) in [7, 11) is 1.55. The van der Waals surface area contributed by atoms with Crippen molar-refractivity contribution >= 4 is 5.91 Å². The van der Waals surface area contributed by atoms with Crippen molar-refractivity contribution in [2.45, 2.75) is 32.6 Å². The zero-order valence-electron chi connectivity index (χ0n) is 10.5. The van der Waals surface area contributed by atoms with Gasteiger partial charge < -0.3 is 10.1 Å². The SMILES string of the molecule is CCCCCCNC(=O)c1ccc(OC)nc1. The maximum absolute atomic E-state index is 11.7. The number of amides is 1. The van der Waals surface area contributed by atoms with Crippen LogP contribution in [0.25, 0.3) is 0 Å². The molecule has 0 aliphatic carbocycles. The van der Waals surface area contributed by atoms with Crippen LogP contribution in [0.3, 0.4) is 0 Å². The van der Waals surface area contributed by atoms with Crippen molar-refractivity contribution in [3.05, 3.63) is 23.9 Å². The van der Waals surface area contributed by atoms with Crippen molar-refractivity contribution < 1.29 is 9.53 Å². The molecule has 0 aliphatic rings. The summed E-state index contributed by atoms with van der Waals surface area (Å²) < 4.78 is 4.93. The number of aromatic nitrogens is 1. The lowest BCUT2D eigenvalue weighted by Gasteiger charge is -2.05. The topological polar surface area (TPSA) is 51.2 Å². The lowest BCUT2D eigenvalue weighted by molar-refractivity contribution is 0.0952. The van der Waals surface area contributed by atoms with E-state index in [1.165, 1.54) is 19.0 Å². The van der Waals surface area contributed by atoms with Gasteiger partial charge in [0.05, 0.1) is 12.7 Å². The van der Waals surface area contributed by atoms with Crippen LogP contribution in [0, 0.1) is 0 Å². The number of hydrogen-bond donors (Lipinski definition) is 1. The van der Waals surface area contributed by atoms with Crippen LogP contribution in [-0.4, -0.2) is 24.5 Å². The quantitative estimate of drug-likeness (QED) is 0.740. The number of nitrogens with zero attached hydrogens (tertiary/aromatic N) is 1. The standard InChI is InChI=1S/C13H20N2O2/c1-3-4-5-6-9-14-13(16)11-7-8-12(17-2)15-10-11/h7-8,10H,3-6,9H2,1-2H3,(H,14,16). The molecule has 1 rings (SSSR count). The van der Waals surface area contributed by atoms with E-state index < -0.39 is 0 Å². The molecule has 0 atom stereocenters. The smallest absolute Gasteiger partial charge is 0.252 e. The molecule has 0 fully saturated rings. The lowest BCUT2D eigenvalue weighted by atomic mass is 10.2. The first-order chi connectivity index (χ1) is 8.27. The minimum absolute atomic E-state index is 0.0725. The Hall–Kier alpha value is -1.58. The summed E-state index contributed by atoms with van der Waals surface area (Å²) in [6.07, 6.45) is 6.15. The fourth-order valence-electron chi connectivity index (χ4n) is 1.49. The minimum Gasteiger partial charge on any atom is -0.481 e. The molecule has 1 heterocycles. The van der Waals surface area contributed by atoms with Crippen LogP contribution in [-0.2, 0) is 0 Å². The number of nitrogens with one attached hydrogen (secondary N) is 1. The zero-order valence-corrected chi connectivity index (χ0v) is 10.5. The Balaban J connectivity index is 2.31. The second-order valence-corrected chi connectivity index (χ2v) is 3.91. The number of ether oxygens (including phenoxy) is 1. The Morgan fingerprint density at radius 1 is 1.35 bits per heavy atom. The summed E-state index contributed by atoms with van der Waals surface area (Å²) in [4.78, 5) is 15.7. The van der Waals surface area contributed by atoms with E-state index in [0.717, 1.165) is 19.4 Å². The molecule has 1 amide bonds. The van der Waals surface area contributed by atoms with E-state index in [1.54, 1.807) is 19.2 Å². The molecule has 0 radical (unpaired) electrons. The monoisotopic (exact) mass is 236 g/mol. The first kappa shape index (κ1) is 13.5. The minimum atomic E-state index is -0.0725.